The van der Waals surface area contributed by atoms with E-state index in [1.807, 2.05) is 0 Å². The maximum Gasteiger partial charge on any atom is 0.159 e. The van der Waals surface area contributed by atoms with Gasteiger partial charge in [-0.3, -0.25) is 0 Å². The van der Waals surface area contributed by atoms with Crippen LogP contribution in [-0.2, 0) is 0 Å². The van der Waals surface area contributed by atoms with Crippen LogP contribution in [0, 0.1) is 0 Å². The molecular weight excluding hydrogens is 693 g/mol. The van der Waals surface area contributed by atoms with Gasteiger partial charge in [0.05, 0.1) is 22.4 Å². The topological polar surface area (TPSA) is 21.3 Å². The minimum Gasteiger partial charge on any atom is -0.453 e. The van der Waals surface area contributed by atoms with Crippen LogP contribution in [-0.4, -0.2) is 4.57 Å². The third-order valence-corrected chi connectivity index (χ3v) is 11.7. The van der Waals surface area contributed by atoms with Crippen molar-refractivity contribution in [2.75, 3.05) is 4.90 Å². The van der Waals surface area contributed by atoms with Crippen LogP contribution < -0.4 is 4.90 Å². The molecule has 0 atom stereocenters. The van der Waals surface area contributed by atoms with Gasteiger partial charge in [0.25, 0.3) is 0 Å². The summed E-state index contributed by atoms with van der Waals surface area (Å²) in [4.78, 5) is 2.36. The molecule has 0 amide bonds. The van der Waals surface area contributed by atoms with Crippen molar-refractivity contribution in [1.82, 2.24) is 4.57 Å². The Morgan fingerprint density at radius 1 is 0.351 bits per heavy atom. The lowest BCUT2D eigenvalue weighted by atomic mass is 10.0. The molecule has 12 aromatic rings. The summed E-state index contributed by atoms with van der Waals surface area (Å²) < 4.78 is 9.36. The first kappa shape index (κ1) is 31.7. The molecule has 3 heteroatoms. The summed E-state index contributed by atoms with van der Waals surface area (Å²) in [6, 6.07) is 74.4. The summed E-state index contributed by atoms with van der Waals surface area (Å²) >= 11 is 0. The smallest absolute Gasteiger partial charge is 0.159 e. The number of para-hydroxylation sites is 2. The van der Waals surface area contributed by atoms with Crippen LogP contribution in [0.1, 0.15) is 0 Å². The van der Waals surface area contributed by atoms with Gasteiger partial charge in [-0.05, 0) is 75.8 Å². The highest BCUT2D eigenvalue weighted by molar-refractivity contribution is 6.20. The number of aromatic nitrogens is 1. The Morgan fingerprint density at radius 3 is 1.72 bits per heavy atom. The number of hydrogen-bond acceptors (Lipinski definition) is 2. The molecule has 10 aromatic carbocycles. The molecule has 266 valence electrons. The molecule has 0 saturated heterocycles. The molecule has 0 fully saturated rings. The molecule has 2 heterocycles. The number of hydrogen-bond donors (Lipinski definition) is 0. The van der Waals surface area contributed by atoms with Crippen molar-refractivity contribution in [3.63, 3.8) is 0 Å². The second-order valence-corrected chi connectivity index (χ2v) is 14.9. The summed E-state index contributed by atoms with van der Waals surface area (Å²) in [5.74, 6) is 0. The largest absolute Gasteiger partial charge is 0.453 e. The first-order valence-corrected chi connectivity index (χ1v) is 19.5. The molecule has 0 radical (unpaired) electrons. The molecule has 0 unspecified atom stereocenters. The fraction of sp³-hybridized carbons (Fsp3) is 0. The minimum absolute atomic E-state index is 0.868. The lowest BCUT2D eigenvalue weighted by Crippen LogP contribution is -2.10. The predicted octanol–water partition coefficient (Wildman–Crippen LogP) is 15.3. The highest BCUT2D eigenvalue weighted by Crippen LogP contribution is 2.46. The van der Waals surface area contributed by atoms with Crippen molar-refractivity contribution in [2.45, 2.75) is 0 Å². The van der Waals surface area contributed by atoms with Crippen LogP contribution in [0.2, 0.25) is 0 Å². The van der Waals surface area contributed by atoms with E-state index in [-0.39, 0.29) is 0 Å². The van der Waals surface area contributed by atoms with E-state index < -0.39 is 0 Å². The van der Waals surface area contributed by atoms with Crippen molar-refractivity contribution in [2.24, 2.45) is 0 Å². The van der Waals surface area contributed by atoms with Crippen LogP contribution in [0.4, 0.5) is 17.1 Å². The molecule has 12 rings (SSSR count). The van der Waals surface area contributed by atoms with E-state index in [1.165, 1.54) is 54.3 Å². The summed E-state index contributed by atoms with van der Waals surface area (Å²) in [5.41, 5.74) is 10.8. The molecule has 0 N–H and O–H groups in total. The van der Waals surface area contributed by atoms with Gasteiger partial charge in [0, 0.05) is 49.1 Å². The Bertz CT molecular complexity index is 3520. The van der Waals surface area contributed by atoms with Crippen molar-refractivity contribution < 1.29 is 4.42 Å². The third kappa shape index (κ3) is 4.86. The van der Waals surface area contributed by atoms with Crippen LogP contribution in [0.3, 0.4) is 0 Å². The number of benzene rings is 10. The second-order valence-electron chi connectivity index (χ2n) is 14.9. The Labute approximate surface area is 328 Å². The lowest BCUT2D eigenvalue weighted by molar-refractivity contribution is 0.673. The van der Waals surface area contributed by atoms with Gasteiger partial charge < -0.3 is 13.9 Å². The summed E-state index contributed by atoms with van der Waals surface area (Å²) in [7, 11) is 0. The number of furan rings is 1. The van der Waals surface area contributed by atoms with E-state index in [0.717, 1.165) is 55.6 Å². The fourth-order valence-corrected chi connectivity index (χ4v) is 9.10. The minimum atomic E-state index is 0.868. The normalized spacial score (nSPS) is 11.9. The number of rotatable bonds is 5. The monoisotopic (exact) mass is 726 g/mol. The van der Waals surface area contributed by atoms with Crippen molar-refractivity contribution >= 4 is 93.1 Å². The zero-order chi connectivity index (χ0) is 37.5. The molecule has 0 bridgehead atoms. The van der Waals surface area contributed by atoms with Crippen molar-refractivity contribution in [3.8, 4) is 16.8 Å². The van der Waals surface area contributed by atoms with E-state index in [4.69, 9.17) is 4.42 Å². The Balaban J connectivity index is 1.05. The van der Waals surface area contributed by atoms with Gasteiger partial charge in [0.1, 0.15) is 5.58 Å². The summed E-state index contributed by atoms with van der Waals surface area (Å²) in [5, 5.41) is 11.9. The van der Waals surface area contributed by atoms with Crippen molar-refractivity contribution in [3.05, 3.63) is 206 Å². The van der Waals surface area contributed by atoms with Gasteiger partial charge in [-0.15, -0.1) is 0 Å². The van der Waals surface area contributed by atoms with Gasteiger partial charge >= 0.3 is 0 Å². The van der Waals surface area contributed by atoms with Crippen molar-refractivity contribution in [1.29, 1.82) is 0 Å². The molecule has 0 aliphatic rings. The molecule has 57 heavy (non-hydrogen) atoms. The van der Waals surface area contributed by atoms with E-state index in [1.54, 1.807) is 0 Å². The van der Waals surface area contributed by atoms with Crippen LogP contribution in [0.25, 0.3) is 92.9 Å². The Kier molecular flexibility index (Phi) is 6.93. The van der Waals surface area contributed by atoms with Gasteiger partial charge in [0.2, 0.25) is 0 Å². The molecule has 3 nitrogen and oxygen atoms in total. The maximum atomic E-state index is 6.92. The first-order chi connectivity index (χ1) is 28.3. The predicted molar refractivity (Wildman–Crippen MR) is 241 cm³/mol. The maximum absolute atomic E-state index is 6.92. The number of fused-ring (bicyclic) bond motifs is 11. The number of anilines is 3. The molecule has 0 aliphatic heterocycles. The molecule has 0 saturated carbocycles. The van der Waals surface area contributed by atoms with Gasteiger partial charge in [-0.25, -0.2) is 0 Å². The van der Waals surface area contributed by atoms with E-state index in [9.17, 15) is 0 Å². The Morgan fingerprint density at radius 2 is 0.912 bits per heavy atom. The van der Waals surface area contributed by atoms with E-state index >= 15 is 0 Å². The molecule has 2 aromatic heterocycles. The molecular formula is C54H34N2O. The first-order valence-electron chi connectivity index (χ1n) is 19.5. The Hall–Kier alpha value is -7.62. The van der Waals surface area contributed by atoms with Gasteiger partial charge in [-0.1, -0.05) is 158 Å². The average molecular weight is 727 g/mol. The fourth-order valence-electron chi connectivity index (χ4n) is 9.10. The van der Waals surface area contributed by atoms with Crippen LogP contribution >= 0.6 is 0 Å². The lowest BCUT2D eigenvalue weighted by Gasteiger charge is -2.27. The molecule has 0 aliphatic carbocycles. The highest BCUT2D eigenvalue weighted by Gasteiger charge is 2.22. The molecule has 0 spiro atoms. The van der Waals surface area contributed by atoms with Gasteiger partial charge in [-0.2, -0.15) is 0 Å². The SMILES string of the molecule is c1ccc(-n2c3cc(-c4ccc(N(c5cccc6ccccc56)c5cccc6c5oc5c7ccccc7ccc65)cc4)ccc3c3ccc4ccccc4c32)cc1. The zero-order valence-electron chi connectivity index (χ0n) is 30.9. The highest BCUT2D eigenvalue weighted by atomic mass is 16.3. The summed E-state index contributed by atoms with van der Waals surface area (Å²) in [6.45, 7) is 0. The average Bonchev–Trinajstić information content (AvgIpc) is 3.84. The van der Waals surface area contributed by atoms with Gasteiger partial charge in [0.15, 0.2) is 5.58 Å². The second kappa shape index (κ2) is 12.5. The van der Waals surface area contributed by atoms with Crippen LogP contribution in [0.15, 0.2) is 211 Å². The standard InChI is InChI=1S/C54H34N2O/c1-2-16-40(17-3-1)56-51-34-39(28-31-45(51)46-32-26-37-13-5-8-19-43(37)52(46)56)35-24-29-41(30-25-35)55(49-22-10-15-36-12-4-7-18-42(36)49)50-23-11-21-47-48-33-27-38-14-6-9-20-44(38)53(48)57-54(47)50/h1-34H. The van der Waals surface area contributed by atoms with Crippen LogP contribution in [0.5, 0.6) is 0 Å². The zero-order valence-corrected chi connectivity index (χ0v) is 30.9. The third-order valence-electron chi connectivity index (χ3n) is 11.7. The number of nitrogens with zero attached hydrogens (tertiary/aromatic N) is 2. The van der Waals surface area contributed by atoms with E-state index in [0.29, 0.717) is 0 Å². The quantitative estimate of drug-likeness (QED) is 0.176. The van der Waals surface area contributed by atoms with E-state index in [2.05, 4.69) is 216 Å². The summed E-state index contributed by atoms with van der Waals surface area (Å²) in [6.07, 6.45) is 0.